The van der Waals surface area contributed by atoms with Crippen molar-refractivity contribution in [3.05, 3.63) is 108 Å². The third-order valence-electron chi connectivity index (χ3n) is 5.33. The predicted octanol–water partition coefficient (Wildman–Crippen LogP) is 4.91. The van der Waals surface area contributed by atoms with Crippen molar-refractivity contribution in [1.82, 2.24) is 10.2 Å². The van der Waals surface area contributed by atoms with Gasteiger partial charge in [-0.15, -0.1) is 0 Å². The van der Waals surface area contributed by atoms with Crippen LogP contribution in [0.2, 0.25) is 0 Å². The summed E-state index contributed by atoms with van der Waals surface area (Å²) in [6, 6.07) is 32.4. The van der Waals surface area contributed by atoms with Crippen molar-refractivity contribution in [2.24, 2.45) is 0 Å². The SMILES string of the molecule is CCN(CC)CCNC(c1ccccc1)(c1ccccc1)c1ccccc1. The molecule has 0 radical (unpaired) electrons. The number of benzene rings is 3. The first-order chi connectivity index (χ1) is 13.3. The Bertz CT molecular complexity index is 684. The van der Waals surface area contributed by atoms with Gasteiger partial charge in [0, 0.05) is 13.1 Å². The molecule has 3 aromatic carbocycles. The number of hydrogen-bond acceptors (Lipinski definition) is 2. The molecule has 2 heteroatoms. The normalized spacial score (nSPS) is 11.7. The van der Waals surface area contributed by atoms with E-state index < -0.39 is 0 Å². The van der Waals surface area contributed by atoms with Gasteiger partial charge >= 0.3 is 0 Å². The molecule has 27 heavy (non-hydrogen) atoms. The molecule has 0 aliphatic heterocycles. The van der Waals surface area contributed by atoms with Crippen LogP contribution in [0.15, 0.2) is 91.0 Å². The van der Waals surface area contributed by atoms with Crippen LogP contribution in [-0.4, -0.2) is 31.1 Å². The van der Waals surface area contributed by atoms with Gasteiger partial charge in [0.25, 0.3) is 0 Å². The minimum absolute atomic E-state index is 0.364. The average molecular weight is 359 g/mol. The third kappa shape index (κ3) is 4.29. The second kappa shape index (κ2) is 9.50. The Morgan fingerprint density at radius 3 is 1.33 bits per heavy atom. The summed E-state index contributed by atoms with van der Waals surface area (Å²) in [6.07, 6.45) is 0. The van der Waals surface area contributed by atoms with Crippen molar-refractivity contribution >= 4 is 0 Å². The van der Waals surface area contributed by atoms with E-state index >= 15 is 0 Å². The maximum Gasteiger partial charge on any atom is 0.0948 e. The van der Waals surface area contributed by atoms with E-state index in [4.69, 9.17) is 0 Å². The molecule has 0 heterocycles. The van der Waals surface area contributed by atoms with Crippen LogP contribution in [0.1, 0.15) is 30.5 Å². The number of rotatable bonds is 9. The minimum Gasteiger partial charge on any atom is -0.303 e. The summed E-state index contributed by atoms with van der Waals surface area (Å²) in [5.74, 6) is 0. The van der Waals surface area contributed by atoms with Gasteiger partial charge < -0.3 is 4.90 Å². The summed E-state index contributed by atoms with van der Waals surface area (Å²) in [5.41, 5.74) is 3.43. The molecule has 0 atom stereocenters. The van der Waals surface area contributed by atoms with Crippen molar-refractivity contribution in [2.75, 3.05) is 26.2 Å². The summed E-state index contributed by atoms with van der Waals surface area (Å²) < 4.78 is 0. The molecule has 0 saturated heterocycles. The predicted molar refractivity (Wildman–Crippen MR) is 115 cm³/mol. The Labute approximate surface area is 163 Å². The van der Waals surface area contributed by atoms with Gasteiger partial charge in [-0.3, -0.25) is 5.32 Å². The molecule has 0 unspecified atom stereocenters. The van der Waals surface area contributed by atoms with Crippen molar-refractivity contribution in [3.8, 4) is 0 Å². The van der Waals surface area contributed by atoms with Crippen LogP contribution in [0.3, 0.4) is 0 Å². The van der Waals surface area contributed by atoms with E-state index in [9.17, 15) is 0 Å². The zero-order valence-electron chi connectivity index (χ0n) is 16.4. The topological polar surface area (TPSA) is 15.3 Å². The van der Waals surface area contributed by atoms with Crippen LogP contribution in [0.4, 0.5) is 0 Å². The maximum absolute atomic E-state index is 3.94. The second-order valence-corrected chi connectivity index (χ2v) is 6.80. The molecular weight excluding hydrogens is 328 g/mol. The maximum atomic E-state index is 3.94. The summed E-state index contributed by atoms with van der Waals surface area (Å²) >= 11 is 0. The molecule has 3 aromatic rings. The number of hydrogen-bond donors (Lipinski definition) is 1. The molecule has 0 saturated carbocycles. The van der Waals surface area contributed by atoms with Crippen LogP contribution in [0.25, 0.3) is 0 Å². The van der Waals surface area contributed by atoms with E-state index in [1.165, 1.54) is 16.7 Å². The van der Waals surface area contributed by atoms with E-state index in [2.05, 4.69) is 115 Å². The van der Waals surface area contributed by atoms with Crippen LogP contribution in [-0.2, 0) is 5.54 Å². The molecule has 1 N–H and O–H groups in total. The van der Waals surface area contributed by atoms with Gasteiger partial charge in [-0.05, 0) is 29.8 Å². The lowest BCUT2D eigenvalue weighted by molar-refractivity contribution is 0.290. The Morgan fingerprint density at radius 1 is 0.630 bits per heavy atom. The fourth-order valence-corrected chi connectivity index (χ4v) is 3.81. The standard InChI is InChI=1S/C25H30N2/c1-3-27(4-2)21-20-26-25(22-14-8-5-9-15-22,23-16-10-6-11-17-23)24-18-12-7-13-19-24/h5-19,26H,3-4,20-21H2,1-2H3. The molecular formula is C25H30N2. The highest BCUT2D eigenvalue weighted by Gasteiger charge is 2.35. The number of nitrogens with one attached hydrogen (secondary N) is 1. The summed E-state index contributed by atoms with van der Waals surface area (Å²) in [4.78, 5) is 2.46. The van der Waals surface area contributed by atoms with E-state index in [1.54, 1.807) is 0 Å². The van der Waals surface area contributed by atoms with Gasteiger partial charge in [-0.1, -0.05) is 105 Å². The van der Waals surface area contributed by atoms with Crippen molar-refractivity contribution < 1.29 is 0 Å². The first kappa shape index (κ1) is 19.3. The van der Waals surface area contributed by atoms with Crippen molar-refractivity contribution in [2.45, 2.75) is 19.4 Å². The molecule has 2 nitrogen and oxygen atoms in total. The van der Waals surface area contributed by atoms with E-state index in [-0.39, 0.29) is 5.54 Å². The fraction of sp³-hybridized carbons (Fsp3) is 0.280. The molecule has 140 valence electrons. The summed E-state index contributed by atoms with van der Waals surface area (Å²) in [7, 11) is 0. The van der Waals surface area contributed by atoms with Crippen LogP contribution in [0, 0.1) is 0 Å². The van der Waals surface area contributed by atoms with Crippen LogP contribution >= 0.6 is 0 Å². The summed E-state index contributed by atoms with van der Waals surface area (Å²) in [6.45, 7) is 8.55. The van der Waals surface area contributed by atoms with Crippen LogP contribution < -0.4 is 5.32 Å². The largest absolute Gasteiger partial charge is 0.303 e. The average Bonchev–Trinajstić information content (AvgIpc) is 2.76. The van der Waals surface area contributed by atoms with Gasteiger partial charge in [-0.2, -0.15) is 0 Å². The molecule has 0 fully saturated rings. The van der Waals surface area contributed by atoms with E-state index in [1.807, 2.05) is 0 Å². The van der Waals surface area contributed by atoms with E-state index in [0.717, 1.165) is 26.2 Å². The lowest BCUT2D eigenvalue weighted by Crippen LogP contribution is -2.47. The molecule has 0 aromatic heterocycles. The minimum atomic E-state index is -0.364. The Balaban J connectivity index is 2.08. The Kier molecular flexibility index (Phi) is 6.80. The van der Waals surface area contributed by atoms with Crippen molar-refractivity contribution in [1.29, 1.82) is 0 Å². The molecule has 0 bridgehead atoms. The number of nitrogens with zero attached hydrogens (tertiary/aromatic N) is 1. The quantitative estimate of drug-likeness (QED) is 0.547. The second-order valence-electron chi connectivity index (χ2n) is 6.80. The molecule has 0 spiro atoms. The monoisotopic (exact) mass is 358 g/mol. The Hall–Kier alpha value is -2.42. The van der Waals surface area contributed by atoms with Gasteiger partial charge in [-0.25, -0.2) is 0 Å². The third-order valence-corrected chi connectivity index (χ3v) is 5.33. The highest BCUT2D eigenvalue weighted by molar-refractivity contribution is 5.49. The summed E-state index contributed by atoms with van der Waals surface area (Å²) in [5, 5.41) is 3.94. The molecule has 0 aliphatic carbocycles. The van der Waals surface area contributed by atoms with Gasteiger partial charge in [0.2, 0.25) is 0 Å². The smallest absolute Gasteiger partial charge is 0.0948 e. The lowest BCUT2D eigenvalue weighted by Gasteiger charge is -2.37. The molecule has 3 rings (SSSR count). The molecule has 0 aliphatic rings. The Morgan fingerprint density at radius 2 is 1.00 bits per heavy atom. The first-order valence-electron chi connectivity index (χ1n) is 9.95. The highest BCUT2D eigenvalue weighted by atomic mass is 15.1. The van der Waals surface area contributed by atoms with E-state index in [0.29, 0.717) is 0 Å². The zero-order valence-corrected chi connectivity index (χ0v) is 16.4. The first-order valence-corrected chi connectivity index (χ1v) is 9.95. The van der Waals surface area contributed by atoms with Gasteiger partial charge in [0.15, 0.2) is 0 Å². The van der Waals surface area contributed by atoms with Crippen molar-refractivity contribution in [3.63, 3.8) is 0 Å². The number of likely N-dealkylation sites (N-methyl/N-ethyl adjacent to an activating group) is 1. The fourth-order valence-electron chi connectivity index (χ4n) is 3.81. The van der Waals surface area contributed by atoms with Gasteiger partial charge in [0.1, 0.15) is 0 Å². The van der Waals surface area contributed by atoms with Crippen LogP contribution in [0.5, 0.6) is 0 Å². The highest BCUT2D eigenvalue weighted by Crippen LogP contribution is 2.36. The zero-order chi connectivity index (χ0) is 19.0. The molecule has 0 amide bonds. The lowest BCUT2D eigenvalue weighted by atomic mass is 9.77. The van der Waals surface area contributed by atoms with Gasteiger partial charge in [0.05, 0.1) is 5.54 Å².